The minimum Gasteiger partial charge on any atom is -0.368 e. The highest BCUT2D eigenvalue weighted by Gasteiger charge is 2.36. The van der Waals surface area contributed by atoms with Crippen molar-refractivity contribution in [2.24, 2.45) is 0 Å². The minimum atomic E-state index is 0.483. The first kappa shape index (κ1) is 101. The SMILES string of the molecule is CCCCCN(Cc1ccc(C)cn1)C[C@H]1Cc2ccccc2CN1.CCCCCN(Cc1cccc(C)n1)C[C@H]1Cc2ccccc2CN1.CCCCCN(Cc1ncccc1C)C[C@H]1Cc2ccccc2CN1.Cc1cccnc1CN(C)C[C@H]1Cc2c(cccc2N2CCN3CCCC3C2)CN1.Cc1cnc(CN(C)C[C@H]2Cc3c(cccc3N3CCN4CCCC4C3)CN2)c(C)c1. The summed E-state index contributed by atoms with van der Waals surface area (Å²) in [6, 6.07) is 65.8. The smallest absolute Gasteiger partial charge is 0.0573 e. The molecule has 19 heteroatoms. The Hall–Kier alpha value is -9.03. The van der Waals surface area contributed by atoms with E-state index in [1.54, 1.807) is 11.1 Å². The van der Waals surface area contributed by atoms with E-state index < -0.39 is 0 Å². The number of anilines is 2. The van der Waals surface area contributed by atoms with Crippen molar-refractivity contribution in [3.63, 3.8) is 0 Å². The van der Waals surface area contributed by atoms with E-state index in [1.807, 2.05) is 36.9 Å². The summed E-state index contributed by atoms with van der Waals surface area (Å²) < 4.78 is 0. The summed E-state index contributed by atoms with van der Waals surface area (Å²) in [7, 11) is 4.44. The predicted octanol–water partition coefficient (Wildman–Crippen LogP) is 18.2. The molecule has 9 aliphatic heterocycles. The predicted molar refractivity (Wildman–Crippen MR) is 564 cm³/mol. The average Bonchev–Trinajstić information content (AvgIpc) is 1.34. The molecule has 4 saturated heterocycles. The van der Waals surface area contributed by atoms with Crippen LogP contribution in [0.4, 0.5) is 11.4 Å². The molecule has 14 heterocycles. The highest BCUT2D eigenvalue weighted by atomic mass is 15.3. The zero-order chi connectivity index (χ0) is 94.3. The van der Waals surface area contributed by atoms with Gasteiger partial charge in [0.2, 0.25) is 0 Å². The van der Waals surface area contributed by atoms with E-state index in [0.29, 0.717) is 30.2 Å². The van der Waals surface area contributed by atoms with E-state index >= 15 is 0 Å². The fourth-order valence-electron chi connectivity index (χ4n) is 22.4. The van der Waals surface area contributed by atoms with Crippen molar-refractivity contribution in [3.05, 3.63) is 312 Å². The first-order valence-electron chi connectivity index (χ1n) is 52.7. The monoisotopic (exact) mass is 1840 g/mol. The van der Waals surface area contributed by atoms with Crippen LogP contribution in [0.15, 0.2) is 195 Å². The van der Waals surface area contributed by atoms with Gasteiger partial charge in [0, 0.05) is 222 Å². The Balaban J connectivity index is 0.000000130. The number of hydrogen-bond acceptors (Lipinski definition) is 19. The zero-order valence-corrected chi connectivity index (χ0v) is 84.9. The molecule has 0 aliphatic carbocycles. The number of aromatic nitrogens is 5. The van der Waals surface area contributed by atoms with E-state index in [-0.39, 0.29) is 0 Å². The number of hydrogen-bond donors (Lipinski definition) is 5. The molecule has 5 aromatic heterocycles. The highest BCUT2D eigenvalue weighted by molar-refractivity contribution is 5.60. The van der Waals surface area contributed by atoms with Crippen molar-refractivity contribution in [1.82, 2.24) is 85.8 Å². The lowest BCUT2D eigenvalue weighted by Crippen LogP contribution is -2.51. The van der Waals surface area contributed by atoms with Gasteiger partial charge in [-0.1, -0.05) is 187 Å². The quantitative estimate of drug-likeness (QED) is 0.0243. The van der Waals surface area contributed by atoms with Crippen LogP contribution in [0.1, 0.15) is 222 Å². The maximum atomic E-state index is 4.71. The van der Waals surface area contributed by atoms with Crippen LogP contribution < -0.4 is 36.4 Å². The molecule has 0 bridgehead atoms. The van der Waals surface area contributed by atoms with Crippen LogP contribution in [0.5, 0.6) is 0 Å². The van der Waals surface area contributed by atoms with Gasteiger partial charge in [-0.2, -0.15) is 0 Å². The molecule has 9 aliphatic rings. The molecule has 4 fully saturated rings. The molecule has 0 radical (unpaired) electrons. The van der Waals surface area contributed by atoms with Gasteiger partial charge in [0.25, 0.3) is 0 Å². The molecule has 19 nitrogen and oxygen atoms in total. The van der Waals surface area contributed by atoms with Crippen molar-refractivity contribution in [2.75, 3.05) is 129 Å². The maximum absolute atomic E-state index is 4.71. The number of unbranched alkanes of at least 4 members (excludes halogenated alkanes) is 6. The molecule has 5 aromatic carbocycles. The largest absolute Gasteiger partial charge is 0.368 e. The molecule has 2 unspecified atom stereocenters. The number of benzene rings is 5. The molecule has 10 aromatic rings. The molecule has 5 N–H and O–H groups in total. The van der Waals surface area contributed by atoms with Crippen molar-refractivity contribution >= 4 is 11.4 Å². The molecule has 0 saturated carbocycles. The van der Waals surface area contributed by atoms with Gasteiger partial charge in [0.1, 0.15) is 0 Å². The van der Waals surface area contributed by atoms with E-state index in [9.17, 15) is 0 Å². The van der Waals surface area contributed by atoms with Crippen molar-refractivity contribution in [2.45, 2.75) is 286 Å². The van der Waals surface area contributed by atoms with Gasteiger partial charge in [-0.15, -0.1) is 0 Å². The second-order valence-corrected chi connectivity index (χ2v) is 41.2. The number of pyridine rings is 5. The summed E-state index contributed by atoms with van der Waals surface area (Å²) in [6.45, 7) is 47.8. The van der Waals surface area contributed by atoms with Gasteiger partial charge in [0.05, 0.1) is 28.5 Å². The average molecular weight is 1840 g/mol. The van der Waals surface area contributed by atoms with E-state index in [0.717, 1.165) is 168 Å². The van der Waals surface area contributed by atoms with Crippen LogP contribution >= 0.6 is 0 Å². The van der Waals surface area contributed by atoms with Crippen LogP contribution in [-0.4, -0.2) is 220 Å². The Kier molecular flexibility index (Phi) is 39.0. The van der Waals surface area contributed by atoms with E-state index in [1.165, 1.54) is 248 Å². The Bertz CT molecular complexity index is 5290. The molecular weight excluding hydrogens is 1670 g/mol. The number of piperazine rings is 2. The lowest BCUT2D eigenvalue weighted by molar-refractivity contribution is 0.221. The van der Waals surface area contributed by atoms with Gasteiger partial charge >= 0.3 is 0 Å². The zero-order valence-electron chi connectivity index (χ0n) is 84.9. The summed E-state index contributed by atoms with van der Waals surface area (Å²) in [4.78, 5) is 46.5. The highest BCUT2D eigenvalue weighted by Crippen LogP contribution is 2.36. The van der Waals surface area contributed by atoms with Gasteiger partial charge in [-0.05, 0) is 291 Å². The fourth-order valence-corrected chi connectivity index (χ4v) is 22.4. The number of fused-ring (bicyclic) bond motifs is 7. The Morgan fingerprint density at radius 3 is 1.18 bits per heavy atom. The normalized spacial score (nSPS) is 20.0. The second kappa shape index (κ2) is 52.3. The Labute approximate surface area is 818 Å². The number of likely N-dealkylation sites (N-methyl/N-ethyl adjacent to an activating group) is 2. The summed E-state index contributed by atoms with van der Waals surface area (Å²) >= 11 is 0. The minimum absolute atomic E-state index is 0.483. The van der Waals surface area contributed by atoms with Crippen LogP contribution in [0.25, 0.3) is 0 Å². The molecule has 7 atom stereocenters. The lowest BCUT2D eigenvalue weighted by atomic mass is 9.92. The third-order valence-electron chi connectivity index (χ3n) is 30.1. The van der Waals surface area contributed by atoms with Gasteiger partial charge in [-0.3, -0.25) is 59.2 Å². The second-order valence-electron chi connectivity index (χ2n) is 41.2. The van der Waals surface area contributed by atoms with Crippen molar-refractivity contribution in [3.8, 4) is 0 Å². The molecule has 0 amide bonds. The summed E-state index contributed by atoms with van der Waals surface area (Å²) in [6.07, 6.45) is 30.4. The molecular formula is C117H165N19. The van der Waals surface area contributed by atoms with Crippen LogP contribution in [0, 0.1) is 41.5 Å². The number of nitrogens with zero attached hydrogens (tertiary/aromatic N) is 14. The molecule has 19 rings (SSSR count). The van der Waals surface area contributed by atoms with Crippen molar-refractivity contribution < 1.29 is 0 Å². The summed E-state index contributed by atoms with van der Waals surface area (Å²) in [5.41, 5.74) is 31.4. The molecule has 0 spiro atoms. The number of rotatable bonds is 34. The molecule has 136 heavy (non-hydrogen) atoms. The van der Waals surface area contributed by atoms with Crippen LogP contribution in [0.3, 0.4) is 0 Å². The third-order valence-corrected chi connectivity index (χ3v) is 30.1. The van der Waals surface area contributed by atoms with Crippen LogP contribution in [0.2, 0.25) is 0 Å². The number of aryl methyl sites for hydroxylation is 6. The standard InChI is InChI=1S/C26H37N5.C25H35N5.3C22H31N3/c1-19-12-20(2)25(28-14-19)18-29(3)16-22-13-24-21(15-27-22)6-4-8-26(24)31-11-10-30-9-5-7-23(30)17-31;1-19-6-4-10-26-24(19)18-28(2)16-21-14-23-20(15-27-21)7-3-9-25(23)30-13-12-29-11-5-8-22(29)17-30;1-3-4-7-13-25(17-22-18(2)9-8-12-23-22)16-21-14-19-10-5-6-11-20(19)15-24-21;1-3-4-7-13-25(16-21-12-8-9-18(2)24-21)17-22-14-19-10-5-6-11-20(19)15-23-22;1-3-4-7-12-25(16-21-11-10-18(2)14-23-21)17-22-13-19-8-5-6-9-20(19)15-24-22/h4,6,8,12,14,22-23,27H,5,7,9-11,13,15-18H2,1-3H3;3-4,6-7,9-10,21-22,27H,5,8,11-18H2,1-2H3;5-6,8-12,21,24H,3-4,7,13-17H2,1-2H3;5-6,8-12,22-23H,3-4,7,13-17H2,1-2H3;5-6,8-11,14,22,24H,3-4,7,12-13,15-17H2,1-2H3/t22-,23?;21-,22?;21-;2*22-/m11111/s1. The first-order valence-corrected chi connectivity index (χ1v) is 52.7. The Morgan fingerprint density at radius 2 is 0.743 bits per heavy atom. The summed E-state index contributed by atoms with van der Waals surface area (Å²) in [5.74, 6) is 0. The van der Waals surface area contributed by atoms with Gasteiger partial charge in [-0.25, -0.2) is 0 Å². The van der Waals surface area contributed by atoms with E-state index in [4.69, 9.17) is 4.98 Å². The van der Waals surface area contributed by atoms with Crippen LogP contribution in [-0.2, 0) is 97.6 Å². The molecule has 728 valence electrons. The van der Waals surface area contributed by atoms with E-state index in [2.05, 4.69) is 325 Å². The van der Waals surface area contributed by atoms with Crippen molar-refractivity contribution in [1.29, 1.82) is 0 Å². The number of nitrogens with one attached hydrogen (secondary N) is 5. The fraction of sp³-hybridized carbons (Fsp3) is 0.530. The third kappa shape index (κ3) is 30.0. The first-order chi connectivity index (χ1) is 66.5. The van der Waals surface area contributed by atoms with Gasteiger partial charge in [0.15, 0.2) is 0 Å². The Morgan fingerprint density at radius 1 is 0.338 bits per heavy atom. The lowest BCUT2D eigenvalue weighted by Gasteiger charge is -2.41. The topological polar surface area (TPSA) is 154 Å². The maximum Gasteiger partial charge on any atom is 0.0573 e. The van der Waals surface area contributed by atoms with Gasteiger partial charge < -0.3 is 36.4 Å². The summed E-state index contributed by atoms with van der Waals surface area (Å²) in [5, 5.41) is 18.8.